The summed E-state index contributed by atoms with van der Waals surface area (Å²) in [5.74, 6) is 0.799. The van der Waals surface area contributed by atoms with Crippen LogP contribution < -0.4 is 10.6 Å². The number of hydrogen-bond acceptors (Lipinski definition) is 4. The number of carbonyl (C=O) groups is 1. The average molecular weight is 368 g/mol. The first-order chi connectivity index (χ1) is 12.3. The highest BCUT2D eigenvalue weighted by Crippen LogP contribution is 2.28. The zero-order chi connectivity index (χ0) is 19.2. The normalized spacial score (nSPS) is 21.6. The van der Waals surface area contributed by atoms with Gasteiger partial charge < -0.3 is 20.3 Å². The number of hydrogen-bond donors (Lipinski definition) is 2. The van der Waals surface area contributed by atoms with Crippen LogP contribution in [0.15, 0.2) is 4.99 Å². The third-order valence-corrected chi connectivity index (χ3v) is 4.89. The molecule has 1 saturated carbocycles. The number of ether oxygens (including phenoxy) is 1. The van der Waals surface area contributed by atoms with E-state index in [1.165, 1.54) is 19.4 Å². The first kappa shape index (κ1) is 20.8. The number of likely N-dealkylation sites (N-methyl/N-ethyl adjacent to an activating group) is 1. The fraction of sp³-hybridized carbons (Fsp3) is 0.895. The Labute approximate surface area is 158 Å². The zero-order valence-corrected chi connectivity index (χ0v) is 17.2. The minimum atomic E-state index is -0.457. The Morgan fingerprint density at radius 1 is 1.27 bits per heavy atom. The van der Waals surface area contributed by atoms with Crippen LogP contribution in [0.2, 0.25) is 0 Å². The van der Waals surface area contributed by atoms with Crippen molar-refractivity contribution in [2.75, 3.05) is 39.8 Å². The molecule has 1 unspecified atom stereocenters. The summed E-state index contributed by atoms with van der Waals surface area (Å²) in [6, 6.07) is 0.918. The molecule has 1 saturated heterocycles. The summed E-state index contributed by atoms with van der Waals surface area (Å²) in [6.45, 7) is 12.4. The minimum Gasteiger partial charge on any atom is -0.444 e. The summed E-state index contributed by atoms with van der Waals surface area (Å²) in [5, 5.41) is 6.75. The molecule has 7 heteroatoms. The predicted octanol–water partition coefficient (Wildman–Crippen LogP) is 2.04. The van der Waals surface area contributed by atoms with Gasteiger partial charge in [-0.05, 0) is 59.5 Å². The van der Waals surface area contributed by atoms with E-state index in [0.717, 1.165) is 31.9 Å². The van der Waals surface area contributed by atoms with Crippen molar-refractivity contribution >= 4 is 12.1 Å². The van der Waals surface area contributed by atoms with Crippen LogP contribution in [0.25, 0.3) is 0 Å². The molecular weight excluding hydrogens is 330 g/mol. The molecular formula is C19H37N5O2. The molecule has 0 radical (unpaired) electrons. The second-order valence-corrected chi connectivity index (χ2v) is 8.21. The Kier molecular flexibility index (Phi) is 7.55. The summed E-state index contributed by atoms with van der Waals surface area (Å²) in [7, 11) is 1.79. The van der Waals surface area contributed by atoms with Gasteiger partial charge in [-0.3, -0.25) is 9.89 Å². The number of rotatable bonds is 7. The van der Waals surface area contributed by atoms with Gasteiger partial charge in [0.15, 0.2) is 5.96 Å². The fourth-order valence-corrected chi connectivity index (χ4v) is 3.40. The first-order valence-electron chi connectivity index (χ1n) is 10.0. The summed E-state index contributed by atoms with van der Waals surface area (Å²) in [5.41, 5.74) is -0.457. The Bertz CT molecular complexity index is 485. The van der Waals surface area contributed by atoms with E-state index in [2.05, 4.69) is 27.4 Å². The molecule has 2 N–H and O–H groups in total. The third kappa shape index (κ3) is 6.67. The van der Waals surface area contributed by atoms with Gasteiger partial charge in [0.1, 0.15) is 5.60 Å². The molecule has 1 aliphatic heterocycles. The molecule has 0 aromatic heterocycles. The van der Waals surface area contributed by atoms with E-state index < -0.39 is 5.60 Å². The molecule has 0 spiro atoms. The number of guanidine groups is 1. The molecule has 1 atom stereocenters. The Hall–Kier alpha value is -1.50. The van der Waals surface area contributed by atoms with Crippen molar-refractivity contribution in [2.45, 2.75) is 71.1 Å². The molecule has 2 aliphatic rings. The maximum absolute atomic E-state index is 12.4. The highest BCUT2D eigenvalue weighted by Gasteiger charge is 2.34. The molecule has 2 fully saturated rings. The molecule has 1 amide bonds. The number of aliphatic imine (C=N–C) groups is 1. The molecule has 2 rings (SSSR count). The molecule has 1 heterocycles. The lowest BCUT2D eigenvalue weighted by Gasteiger charge is -2.28. The third-order valence-electron chi connectivity index (χ3n) is 4.89. The van der Waals surface area contributed by atoms with Crippen LogP contribution in [0.5, 0.6) is 0 Å². The molecule has 1 aliphatic carbocycles. The SMILES string of the molecule is CCN1CCCC1CNC(=NC)NCCN(C(=O)OC(C)(C)C)C1CC1. The topological polar surface area (TPSA) is 69.2 Å². The summed E-state index contributed by atoms with van der Waals surface area (Å²) in [4.78, 5) is 21.0. The van der Waals surface area contributed by atoms with Gasteiger partial charge in [0.2, 0.25) is 0 Å². The Balaban J connectivity index is 1.74. The van der Waals surface area contributed by atoms with Gasteiger partial charge in [0, 0.05) is 38.8 Å². The van der Waals surface area contributed by atoms with Gasteiger partial charge in [-0.15, -0.1) is 0 Å². The minimum absolute atomic E-state index is 0.214. The van der Waals surface area contributed by atoms with Crippen molar-refractivity contribution in [1.29, 1.82) is 0 Å². The van der Waals surface area contributed by atoms with Crippen LogP contribution in [0.4, 0.5) is 4.79 Å². The second-order valence-electron chi connectivity index (χ2n) is 8.21. The van der Waals surface area contributed by atoms with Gasteiger partial charge in [0.05, 0.1) is 0 Å². The maximum atomic E-state index is 12.4. The molecule has 150 valence electrons. The van der Waals surface area contributed by atoms with E-state index in [1.54, 1.807) is 7.05 Å². The standard InChI is InChI=1S/C19H37N5O2/c1-6-23-12-7-8-16(23)14-22-17(20-5)21-11-13-24(15-9-10-15)18(25)26-19(2,3)4/h15-16H,6-14H2,1-5H3,(H2,20,21,22). The maximum Gasteiger partial charge on any atom is 0.410 e. The summed E-state index contributed by atoms with van der Waals surface area (Å²) >= 11 is 0. The molecule has 7 nitrogen and oxygen atoms in total. The monoisotopic (exact) mass is 367 g/mol. The van der Waals surface area contributed by atoms with E-state index in [1.807, 2.05) is 25.7 Å². The Morgan fingerprint density at radius 2 is 2.00 bits per heavy atom. The first-order valence-corrected chi connectivity index (χ1v) is 10.0. The van der Waals surface area contributed by atoms with Crippen LogP contribution in [0, 0.1) is 0 Å². The highest BCUT2D eigenvalue weighted by molar-refractivity contribution is 5.79. The van der Waals surface area contributed by atoms with Crippen LogP contribution in [-0.2, 0) is 4.74 Å². The number of likely N-dealkylation sites (tertiary alicyclic amines) is 1. The lowest BCUT2D eigenvalue weighted by molar-refractivity contribution is 0.0238. The van der Waals surface area contributed by atoms with Crippen molar-refractivity contribution in [3.8, 4) is 0 Å². The zero-order valence-electron chi connectivity index (χ0n) is 17.2. The van der Waals surface area contributed by atoms with Crippen LogP contribution in [-0.4, -0.2) is 79.3 Å². The van der Waals surface area contributed by atoms with Crippen molar-refractivity contribution in [1.82, 2.24) is 20.4 Å². The van der Waals surface area contributed by atoms with Crippen LogP contribution >= 0.6 is 0 Å². The van der Waals surface area contributed by atoms with Crippen molar-refractivity contribution < 1.29 is 9.53 Å². The van der Waals surface area contributed by atoms with Gasteiger partial charge in [-0.25, -0.2) is 4.79 Å². The molecule has 0 bridgehead atoms. The molecule has 0 aromatic carbocycles. The van der Waals surface area contributed by atoms with E-state index in [9.17, 15) is 4.79 Å². The van der Waals surface area contributed by atoms with Crippen molar-refractivity contribution in [2.24, 2.45) is 4.99 Å². The van der Waals surface area contributed by atoms with E-state index in [4.69, 9.17) is 4.74 Å². The summed E-state index contributed by atoms with van der Waals surface area (Å²) < 4.78 is 5.53. The van der Waals surface area contributed by atoms with E-state index in [0.29, 0.717) is 25.2 Å². The lowest BCUT2D eigenvalue weighted by atomic mass is 10.2. The fourth-order valence-electron chi connectivity index (χ4n) is 3.40. The number of amides is 1. The molecule has 26 heavy (non-hydrogen) atoms. The number of nitrogens with zero attached hydrogens (tertiary/aromatic N) is 3. The number of carbonyl (C=O) groups excluding carboxylic acids is 1. The van der Waals surface area contributed by atoms with Gasteiger partial charge >= 0.3 is 6.09 Å². The smallest absolute Gasteiger partial charge is 0.410 e. The van der Waals surface area contributed by atoms with E-state index in [-0.39, 0.29) is 6.09 Å². The quantitative estimate of drug-likeness (QED) is 0.532. The summed E-state index contributed by atoms with van der Waals surface area (Å²) in [6.07, 6.45) is 4.44. The van der Waals surface area contributed by atoms with Gasteiger partial charge in [0.25, 0.3) is 0 Å². The van der Waals surface area contributed by atoms with Crippen LogP contribution in [0.3, 0.4) is 0 Å². The predicted molar refractivity (Wildman–Crippen MR) is 106 cm³/mol. The van der Waals surface area contributed by atoms with Gasteiger partial charge in [-0.1, -0.05) is 6.92 Å². The van der Waals surface area contributed by atoms with Gasteiger partial charge in [-0.2, -0.15) is 0 Å². The van der Waals surface area contributed by atoms with Crippen molar-refractivity contribution in [3.05, 3.63) is 0 Å². The average Bonchev–Trinajstić information content (AvgIpc) is 3.30. The highest BCUT2D eigenvalue weighted by atomic mass is 16.6. The van der Waals surface area contributed by atoms with Crippen molar-refractivity contribution in [3.63, 3.8) is 0 Å². The van der Waals surface area contributed by atoms with Crippen LogP contribution in [0.1, 0.15) is 53.4 Å². The lowest BCUT2D eigenvalue weighted by Crippen LogP contribution is -2.47. The molecule has 0 aromatic rings. The Morgan fingerprint density at radius 3 is 2.58 bits per heavy atom. The van der Waals surface area contributed by atoms with E-state index >= 15 is 0 Å². The second kappa shape index (κ2) is 9.44. The largest absolute Gasteiger partial charge is 0.444 e. The number of nitrogens with one attached hydrogen (secondary N) is 2.